The normalized spacial score (nSPS) is 19.7. The van der Waals surface area contributed by atoms with Gasteiger partial charge in [0.25, 0.3) is 0 Å². The Morgan fingerprint density at radius 3 is 2.28 bits per heavy atom. The molecular formula is C22H29N3O3S. The lowest BCUT2D eigenvalue weighted by Crippen LogP contribution is -2.27. The number of benzene rings is 1. The third kappa shape index (κ3) is 5.85. The second-order valence-corrected chi connectivity index (χ2v) is 9.92. The zero-order valence-corrected chi connectivity index (χ0v) is 17.9. The summed E-state index contributed by atoms with van der Waals surface area (Å²) in [6, 6.07) is 10.5. The fraction of sp³-hybridized carbons (Fsp3) is 0.500. The second kappa shape index (κ2) is 9.48. The summed E-state index contributed by atoms with van der Waals surface area (Å²) in [6.07, 6.45) is 9.17. The molecule has 0 unspecified atom stereocenters. The summed E-state index contributed by atoms with van der Waals surface area (Å²) in [5.74, 6) is 0.986. The van der Waals surface area contributed by atoms with E-state index in [1.54, 1.807) is 6.07 Å². The molecule has 1 amide bonds. The van der Waals surface area contributed by atoms with Crippen LogP contribution in [0.3, 0.4) is 0 Å². The number of nitrogens with one attached hydrogen (secondary N) is 1. The van der Waals surface area contributed by atoms with Crippen LogP contribution < -0.4 is 5.32 Å². The van der Waals surface area contributed by atoms with E-state index in [0.717, 1.165) is 49.1 Å². The maximum atomic E-state index is 12.6. The van der Waals surface area contributed by atoms with Gasteiger partial charge >= 0.3 is 0 Å². The molecule has 2 aromatic rings. The molecule has 0 atom stereocenters. The molecule has 1 aliphatic carbocycles. The second-order valence-electron chi connectivity index (χ2n) is 7.96. The van der Waals surface area contributed by atoms with Crippen LogP contribution in [-0.2, 0) is 14.6 Å². The highest BCUT2D eigenvalue weighted by atomic mass is 32.2. The van der Waals surface area contributed by atoms with Crippen LogP contribution in [0, 0.1) is 11.8 Å². The minimum Gasteiger partial charge on any atom is -0.326 e. The Hall–Kier alpha value is -2.28. The first-order valence-electron chi connectivity index (χ1n) is 10.3. The lowest BCUT2D eigenvalue weighted by molar-refractivity contribution is -0.121. The number of aromatic nitrogens is 2. The molecule has 1 saturated carbocycles. The van der Waals surface area contributed by atoms with Crippen molar-refractivity contribution < 1.29 is 13.2 Å². The first kappa shape index (κ1) is 21.4. The van der Waals surface area contributed by atoms with E-state index >= 15 is 0 Å². The van der Waals surface area contributed by atoms with Gasteiger partial charge in [-0.1, -0.05) is 38.3 Å². The van der Waals surface area contributed by atoms with Gasteiger partial charge in [0, 0.05) is 23.4 Å². The van der Waals surface area contributed by atoms with Gasteiger partial charge in [-0.2, -0.15) is 0 Å². The van der Waals surface area contributed by atoms with Crippen molar-refractivity contribution in [3.63, 3.8) is 0 Å². The third-order valence-electron chi connectivity index (χ3n) is 5.65. The molecule has 0 spiro atoms. The van der Waals surface area contributed by atoms with Crippen molar-refractivity contribution in [2.24, 2.45) is 11.8 Å². The van der Waals surface area contributed by atoms with E-state index in [4.69, 9.17) is 0 Å². The van der Waals surface area contributed by atoms with Gasteiger partial charge in [0.1, 0.15) is 0 Å². The molecule has 6 nitrogen and oxygen atoms in total. The minimum absolute atomic E-state index is 0.0467. The molecule has 1 aliphatic rings. The predicted molar refractivity (Wildman–Crippen MR) is 114 cm³/mol. The fourth-order valence-corrected chi connectivity index (χ4v) is 4.35. The van der Waals surface area contributed by atoms with Crippen molar-refractivity contribution >= 4 is 21.4 Å². The van der Waals surface area contributed by atoms with Crippen LogP contribution in [0.1, 0.15) is 51.9 Å². The topological polar surface area (TPSA) is 89.0 Å². The van der Waals surface area contributed by atoms with Crippen molar-refractivity contribution in [1.29, 1.82) is 0 Å². The number of carbonyl (C=O) groups is 1. The van der Waals surface area contributed by atoms with Crippen LogP contribution in [-0.4, -0.2) is 30.8 Å². The first-order valence-corrected chi connectivity index (χ1v) is 12.2. The van der Waals surface area contributed by atoms with Gasteiger partial charge < -0.3 is 5.32 Å². The van der Waals surface area contributed by atoms with Gasteiger partial charge in [0.05, 0.1) is 5.69 Å². The van der Waals surface area contributed by atoms with Gasteiger partial charge in [-0.25, -0.2) is 8.42 Å². The molecular weight excluding hydrogens is 386 g/mol. The van der Waals surface area contributed by atoms with Gasteiger partial charge in [0.2, 0.25) is 5.91 Å². The average molecular weight is 416 g/mol. The Bertz CT molecular complexity index is 917. The molecule has 0 radical (unpaired) electrons. The maximum Gasteiger partial charge on any atom is 0.227 e. The molecule has 0 bridgehead atoms. The first-order chi connectivity index (χ1) is 13.9. The number of unbranched alkanes of at least 4 members (excludes halogenated alkanes) is 1. The van der Waals surface area contributed by atoms with Crippen molar-refractivity contribution in [1.82, 2.24) is 10.2 Å². The molecule has 1 fully saturated rings. The molecule has 0 aliphatic heterocycles. The molecule has 7 heteroatoms. The molecule has 1 N–H and O–H groups in total. The van der Waals surface area contributed by atoms with Crippen LogP contribution in [0.2, 0.25) is 0 Å². The summed E-state index contributed by atoms with van der Waals surface area (Å²) in [4.78, 5) is 12.6. The van der Waals surface area contributed by atoms with E-state index in [2.05, 4.69) is 22.4 Å². The summed E-state index contributed by atoms with van der Waals surface area (Å²) < 4.78 is 23.0. The highest BCUT2D eigenvalue weighted by molar-refractivity contribution is 7.90. The largest absolute Gasteiger partial charge is 0.326 e. The Morgan fingerprint density at radius 1 is 1.03 bits per heavy atom. The quantitative estimate of drug-likeness (QED) is 0.720. The Balaban J connectivity index is 1.56. The monoisotopic (exact) mass is 415 g/mol. The molecule has 1 aromatic heterocycles. The number of nitrogens with zero attached hydrogens (tertiary/aromatic N) is 2. The number of anilines is 1. The lowest BCUT2D eigenvalue weighted by atomic mass is 9.79. The number of hydrogen-bond acceptors (Lipinski definition) is 5. The summed E-state index contributed by atoms with van der Waals surface area (Å²) in [5, 5.41) is 10.7. The highest BCUT2D eigenvalue weighted by Gasteiger charge is 2.26. The molecule has 29 heavy (non-hydrogen) atoms. The summed E-state index contributed by atoms with van der Waals surface area (Å²) in [5.41, 5.74) is 2.15. The van der Waals surface area contributed by atoms with Crippen LogP contribution in [0.5, 0.6) is 0 Å². The van der Waals surface area contributed by atoms with Crippen molar-refractivity contribution in [3.05, 3.63) is 36.4 Å². The van der Waals surface area contributed by atoms with E-state index in [0.29, 0.717) is 5.69 Å². The predicted octanol–water partition coefficient (Wildman–Crippen LogP) is 4.48. The zero-order valence-electron chi connectivity index (χ0n) is 17.1. The van der Waals surface area contributed by atoms with E-state index in [-0.39, 0.29) is 16.9 Å². The lowest BCUT2D eigenvalue weighted by Gasteiger charge is -2.27. The highest BCUT2D eigenvalue weighted by Crippen LogP contribution is 2.32. The molecule has 1 aromatic carbocycles. The van der Waals surface area contributed by atoms with Gasteiger partial charge in [-0.05, 0) is 55.9 Å². The average Bonchev–Trinajstić information content (AvgIpc) is 2.72. The number of rotatable bonds is 7. The van der Waals surface area contributed by atoms with Gasteiger partial charge in [-0.3, -0.25) is 4.79 Å². The minimum atomic E-state index is -3.36. The Kier molecular flexibility index (Phi) is 7.00. The standard InChI is InChI=1S/C22H29N3O3S/c1-3-4-5-16-6-8-18(9-7-16)22(26)23-19-12-10-17(11-13-19)20-14-15-21(25-24-20)29(2,27)28/h10-16,18H,3-9H2,1-2H3,(H,23,26). The van der Waals surface area contributed by atoms with E-state index in [1.165, 1.54) is 25.3 Å². The summed E-state index contributed by atoms with van der Waals surface area (Å²) in [7, 11) is -3.36. The third-order valence-corrected chi connectivity index (χ3v) is 6.63. The number of amides is 1. The Morgan fingerprint density at radius 2 is 1.72 bits per heavy atom. The summed E-state index contributed by atoms with van der Waals surface area (Å²) >= 11 is 0. The van der Waals surface area contributed by atoms with Crippen molar-refractivity contribution in [2.45, 2.75) is 56.9 Å². The van der Waals surface area contributed by atoms with Crippen LogP contribution >= 0.6 is 0 Å². The van der Waals surface area contributed by atoms with Gasteiger partial charge in [0.15, 0.2) is 14.9 Å². The van der Waals surface area contributed by atoms with E-state index in [1.807, 2.05) is 24.3 Å². The molecule has 1 heterocycles. The molecule has 3 rings (SSSR count). The van der Waals surface area contributed by atoms with Crippen LogP contribution in [0.25, 0.3) is 11.3 Å². The molecule has 0 saturated heterocycles. The van der Waals surface area contributed by atoms with E-state index < -0.39 is 9.84 Å². The zero-order chi connectivity index (χ0) is 20.9. The summed E-state index contributed by atoms with van der Waals surface area (Å²) in [6.45, 7) is 2.22. The molecule has 156 valence electrons. The van der Waals surface area contributed by atoms with Crippen LogP contribution in [0.4, 0.5) is 5.69 Å². The number of sulfone groups is 1. The fourth-order valence-electron chi connectivity index (χ4n) is 3.85. The number of hydrogen-bond donors (Lipinski definition) is 1. The Labute approximate surface area is 173 Å². The maximum absolute atomic E-state index is 12.6. The van der Waals surface area contributed by atoms with Crippen LogP contribution in [0.15, 0.2) is 41.4 Å². The van der Waals surface area contributed by atoms with Crippen molar-refractivity contribution in [3.8, 4) is 11.3 Å². The van der Waals surface area contributed by atoms with E-state index in [9.17, 15) is 13.2 Å². The SMILES string of the molecule is CCCCC1CCC(C(=O)Nc2ccc(-c3ccc(S(C)(=O)=O)nn3)cc2)CC1. The van der Waals surface area contributed by atoms with Gasteiger partial charge in [-0.15, -0.1) is 10.2 Å². The van der Waals surface area contributed by atoms with Crippen molar-refractivity contribution in [2.75, 3.05) is 11.6 Å². The number of carbonyl (C=O) groups excluding carboxylic acids is 1. The smallest absolute Gasteiger partial charge is 0.227 e.